The Morgan fingerprint density at radius 1 is 1.29 bits per heavy atom. The lowest BCUT2D eigenvalue weighted by Crippen LogP contribution is -2.50. The predicted octanol–water partition coefficient (Wildman–Crippen LogP) is -3.27. The first-order valence-electron chi connectivity index (χ1n) is 4.74. The first-order valence-corrected chi connectivity index (χ1v) is 4.74. The van der Waals surface area contributed by atoms with Crippen LogP contribution in [0.2, 0.25) is 0 Å². The molecule has 0 aliphatic carbocycles. The Labute approximate surface area is 97.0 Å². The Hall–Kier alpha value is -1.35. The van der Waals surface area contributed by atoms with Crippen molar-refractivity contribution in [2.75, 3.05) is 6.61 Å². The zero-order valence-corrected chi connectivity index (χ0v) is 9.15. The number of aldehydes is 1. The van der Waals surface area contributed by atoms with Gasteiger partial charge in [-0.05, 0) is 0 Å². The van der Waals surface area contributed by atoms with Crippen molar-refractivity contribution >= 4 is 18.0 Å². The van der Waals surface area contributed by atoms with Crippen molar-refractivity contribution in [2.24, 2.45) is 5.73 Å². The van der Waals surface area contributed by atoms with E-state index in [9.17, 15) is 29.7 Å². The van der Waals surface area contributed by atoms with Crippen LogP contribution in [0.3, 0.4) is 0 Å². The van der Waals surface area contributed by atoms with Crippen molar-refractivity contribution in [3.63, 3.8) is 0 Å². The summed E-state index contributed by atoms with van der Waals surface area (Å²) in [7, 11) is 0. The maximum absolute atomic E-state index is 10.7. The lowest BCUT2D eigenvalue weighted by Gasteiger charge is -2.24. The molecule has 0 aromatic rings. The second-order valence-electron chi connectivity index (χ2n) is 3.42. The average molecular weight is 249 g/mol. The van der Waals surface area contributed by atoms with Gasteiger partial charge in [0.25, 0.3) is 0 Å². The van der Waals surface area contributed by atoms with E-state index in [1.54, 1.807) is 0 Å². The molecule has 5 N–H and O–H groups in total. The molecule has 0 saturated heterocycles. The summed E-state index contributed by atoms with van der Waals surface area (Å²) in [5.41, 5.74) is 5.11. The Balaban J connectivity index is 4.22. The first-order chi connectivity index (χ1) is 7.81. The Morgan fingerprint density at radius 2 is 1.82 bits per heavy atom. The highest BCUT2D eigenvalue weighted by Gasteiger charge is 2.30. The van der Waals surface area contributed by atoms with E-state index in [0.29, 0.717) is 0 Å². The van der Waals surface area contributed by atoms with E-state index in [0.717, 1.165) is 6.92 Å². The van der Waals surface area contributed by atoms with E-state index in [1.807, 2.05) is 0 Å². The van der Waals surface area contributed by atoms with Gasteiger partial charge < -0.3 is 30.6 Å². The molecular formula is C9H15NO7. The third kappa shape index (κ3) is 5.00. The van der Waals surface area contributed by atoms with Crippen molar-refractivity contribution in [1.29, 1.82) is 0 Å². The highest BCUT2D eigenvalue weighted by Crippen LogP contribution is 2.03. The number of hydrogen-bond donors (Lipinski definition) is 4. The Bertz CT molecular complexity index is 293. The molecule has 0 unspecified atom stereocenters. The molecule has 0 aliphatic rings. The van der Waals surface area contributed by atoms with Crippen molar-refractivity contribution in [3.05, 3.63) is 0 Å². The predicted molar refractivity (Wildman–Crippen MR) is 53.7 cm³/mol. The summed E-state index contributed by atoms with van der Waals surface area (Å²) in [6.45, 7) is 0.282. The molecule has 0 bridgehead atoms. The summed E-state index contributed by atoms with van der Waals surface area (Å²) in [5.74, 6) is -2.04. The van der Waals surface area contributed by atoms with Crippen LogP contribution in [-0.2, 0) is 19.1 Å². The summed E-state index contributed by atoms with van der Waals surface area (Å²) in [6, 6.07) is -1.37. The van der Waals surface area contributed by atoms with E-state index >= 15 is 0 Å². The van der Waals surface area contributed by atoms with Crippen LogP contribution in [0.1, 0.15) is 6.92 Å². The standard InChI is InChI=1S/C9H15NO7/c1-4(12)9(16)17-3-6(13)8(15)7(14)5(10)2-11/h2,5-8,13-15H,3,10H2,1H3/t5-,6+,7+,8+/m0/s1. The maximum Gasteiger partial charge on any atom is 0.374 e. The molecule has 0 aromatic heterocycles. The average Bonchev–Trinajstić information content (AvgIpc) is 2.32. The minimum atomic E-state index is -1.77. The van der Waals surface area contributed by atoms with E-state index in [2.05, 4.69) is 4.74 Å². The van der Waals surface area contributed by atoms with Gasteiger partial charge in [0, 0.05) is 6.92 Å². The molecule has 98 valence electrons. The number of aliphatic hydroxyl groups is 3. The lowest BCUT2D eigenvalue weighted by molar-refractivity contribution is -0.159. The van der Waals surface area contributed by atoms with Crippen LogP contribution >= 0.6 is 0 Å². The molecule has 8 nitrogen and oxygen atoms in total. The van der Waals surface area contributed by atoms with Gasteiger partial charge >= 0.3 is 5.97 Å². The number of rotatable bonds is 7. The van der Waals surface area contributed by atoms with Crippen LogP contribution in [0, 0.1) is 0 Å². The van der Waals surface area contributed by atoms with Crippen LogP contribution < -0.4 is 5.73 Å². The SMILES string of the molecule is CC(=O)C(=O)OC[C@@H](O)[C@@H](O)[C@H](O)[C@@H](N)C=O. The van der Waals surface area contributed by atoms with Crippen molar-refractivity contribution < 1.29 is 34.4 Å². The zero-order chi connectivity index (χ0) is 13.6. The maximum atomic E-state index is 10.7. The number of esters is 1. The van der Waals surface area contributed by atoms with Crippen molar-refractivity contribution in [2.45, 2.75) is 31.3 Å². The molecule has 0 fully saturated rings. The van der Waals surface area contributed by atoms with Crippen molar-refractivity contribution in [1.82, 2.24) is 0 Å². The third-order valence-corrected chi connectivity index (χ3v) is 1.97. The van der Waals surface area contributed by atoms with E-state index in [-0.39, 0.29) is 6.29 Å². The number of Topliss-reactive ketones (excluding diaryl/α,β-unsaturated/α-hetero) is 1. The topological polar surface area (TPSA) is 147 Å². The number of aliphatic hydroxyl groups excluding tert-OH is 3. The van der Waals surface area contributed by atoms with Crippen molar-refractivity contribution in [3.8, 4) is 0 Å². The van der Waals surface area contributed by atoms with Gasteiger partial charge in [0.05, 0.1) is 6.04 Å². The highest BCUT2D eigenvalue weighted by molar-refractivity contribution is 6.32. The quantitative estimate of drug-likeness (QED) is 0.209. The number of ketones is 1. The minimum Gasteiger partial charge on any atom is -0.457 e. The van der Waals surface area contributed by atoms with Gasteiger partial charge in [0.15, 0.2) is 0 Å². The molecule has 0 aromatic carbocycles. The second-order valence-corrected chi connectivity index (χ2v) is 3.42. The zero-order valence-electron chi connectivity index (χ0n) is 9.15. The second kappa shape index (κ2) is 7.07. The molecule has 0 radical (unpaired) electrons. The molecule has 0 aliphatic heterocycles. The van der Waals surface area contributed by atoms with Crippen LogP contribution in [0.15, 0.2) is 0 Å². The Kier molecular flexibility index (Phi) is 6.51. The number of carbonyl (C=O) groups excluding carboxylic acids is 3. The molecular weight excluding hydrogens is 234 g/mol. The lowest BCUT2D eigenvalue weighted by atomic mass is 10.0. The summed E-state index contributed by atoms with van der Waals surface area (Å²) in [4.78, 5) is 31.4. The Morgan fingerprint density at radius 3 is 2.24 bits per heavy atom. The molecule has 17 heavy (non-hydrogen) atoms. The highest BCUT2D eigenvalue weighted by atomic mass is 16.5. The fourth-order valence-electron chi connectivity index (χ4n) is 0.897. The van der Waals surface area contributed by atoms with Gasteiger partial charge in [-0.1, -0.05) is 0 Å². The number of nitrogens with two attached hydrogens (primary N) is 1. The van der Waals surface area contributed by atoms with Crippen LogP contribution in [0.5, 0.6) is 0 Å². The van der Waals surface area contributed by atoms with Crippen LogP contribution in [0.25, 0.3) is 0 Å². The van der Waals surface area contributed by atoms with Gasteiger partial charge in [-0.2, -0.15) is 0 Å². The fourth-order valence-corrected chi connectivity index (χ4v) is 0.897. The van der Waals surface area contributed by atoms with E-state index in [1.165, 1.54) is 0 Å². The molecule has 0 heterocycles. The van der Waals surface area contributed by atoms with Crippen LogP contribution in [0.4, 0.5) is 0 Å². The smallest absolute Gasteiger partial charge is 0.374 e. The van der Waals surface area contributed by atoms with Gasteiger partial charge in [0.1, 0.15) is 31.2 Å². The normalized spacial score (nSPS) is 17.7. The molecule has 4 atom stereocenters. The monoisotopic (exact) mass is 249 g/mol. The van der Waals surface area contributed by atoms with E-state index in [4.69, 9.17) is 5.73 Å². The number of hydrogen-bond acceptors (Lipinski definition) is 8. The first kappa shape index (κ1) is 15.7. The summed E-state index contributed by atoms with van der Waals surface area (Å²) in [5, 5.41) is 27.9. The largest absolute Gasteiger partial charge is 0.457 e. The minimum absolute atomic E-state index is 0.197. The van der Waals surface area contributed by atoms with Gasteiger partial charge in [-0.15, -0.1) is 0 Å². The summed E-state index contributed by atoms with van der Waals surface area (Å²) in [6.07, 6.45) is -4.92. The molecule has 0 rings (SSSR count). The molecule has 0 saturated carbocycles. The summed E-state index contributed by atoms with van der Waals surface area (Å²) < 4.78 is 4.31. The molecule has 0 amide bonds. The fraction of sp³-hybridized carbons (Fsp3) is 0.667. The van der Waals surface area contributed by atoms with Gasteiger partial charge in [-0.25, -0.2) is 4.79 Å². The number of ether oxygens (including phenoxy) is 1. The van der Waals surface area contributed by atoms with Gasteiger partial charge in [0.2, 0.25) is 5.78 Å². The summed E-state index contributed by atoms with van der Waals surface area (Å²) >= 11 is 0. The molecule has 8 heteroatoms. The van der Waals surface area contributed by atoms with Gasteiger partial charge in [-0.3, -0.25) is 4.79 Å². The number of carbonyl (C=O) groups is 3. The third-order valence-electron chi connectivity index (χ3n) is 1.97. The van der Waals surface area contributed by atoms with E-state index < -0.39 is 42.7 Å². The molecule has 0 spiro atoms. The van der Waals surface area contributed by atoms with Crippen LogP contribution in [-0.4, -0.2) is 64.3 Å².